The highest BCUT2D eigenvalue weighted by molar-refractivity contribution is 6.90. The molecule has 0 amide bonds. The van der Waals surface area contributed by atoms with Gasteiger partial charge in [-0.15, -0.1) is 0 Å². The van der Waals surface area contributed by atoms with Crippen molar-refractivity contribution >= 4 is 30.9 Å². The second-order valence-corrected chi connectivity index (χ2v) is 6.94. The van der Waals surface area contributed by atoms with Crippen LogP contribution in [0.5, 0.6) is 0 Å². The summed E-state index contributed by atoms with van der Waals surface area (Å²) >= 11 is 0. The van der Waals surface area contributed by atoms with Gasteiger partial charge in [0.2, 0.25) is 0 Å². The predicted octanol–water partition coefficient (Wildman–Crippen LogP) is 0.409. The lowest BCUT2D eigenvalue weighted by Gasteiger charge is -2.18. The van der Waals surface area contributed by atoms with E-state index in [0.29, 0.717) is 10.4 Å². The SMILES string of the molecule is CC(=O)O.CC(=O)O.O[Si](O)(c1ccccc1)c1ccccc1. The Hall–Kier alpha value is -2.48. The van der Waals surface area contributed by atoms with Gasteiger partial charge < -0.3 is 19.8 Å². The Kier molecular flexibility index (Phi) is 9.17. The van der Waals surface area contributed by atoms with Gasteiger partial charge in [0.1, 0.15) is 0 Å². The van der Waals surface area contributed by atoms with E-state index in [1.807, 2.05) is 36.4 Å². The minimum absolute atomic E-state index is 0.608. The summed E-state index contributed by atoms with van der Waals surface area (Å²) < 4.78 is 0. The van der Waals surface area contributed by atoms with Crippen LogP contribution in [0.3, 0.4) is 0 Å². The third kappa shape index (κ3) is 9.20. The minimum atomic E-state index is -3.46. The van der Waals surface area contributed by atoms with Gasteiger partial charge in [0.25, 0.3) is 11.9 Å². The standard InChI is InChI=1S/C12H12O2Si.2C2H4O2/c13-15(14,11-7-3-1-4-8-11)12-9-5-2-6-10-12;2*1-2(3)4/h1-10,13-14H;2*1H3,(H,3,4). The third-order valence-electron chi connectivity index (χ3n) is 2.35. The number of carboxylic acids is 2. The Morgan fingerprint density at radius 1 is 0.696 bits per heavy atom. The third-order valence-corrected chi connectivity index (χ3v) is 4.63. The molecule has 2 rings (SSSR count). The molecular formula is C16H20O6Si. The Labute approximate surface area is 135 Å². The fraction of sp³-hybridized carbons (Fsp3) is 0.125. The van der Waals surface area contributed by atoms with E-state index in [1.165, 1.54) is 0 Å². The lowest BCUT2D eigenvalue weighted by Crippen LogP contribution is -2.59. The molecule has 0 aliphatic carbocycles. The van der Waals surface area contributed by atoms with E-state index in [9.17, 15) is 9.59 Å². The number of hydrogen-bond acceptors (Lipinski definition) is 4. The summed E-state index contributed by atoms with van der Waals surface area (Å²) in [5.74, 6) is -1.67. The van der Waals surface area contributed by atoms with Crippen molar-refractivity contribution in [3.63, 3.8) is 0 Å². The summed E-state index contributed by atoms with van der Waals surface area (Å²) in [6, 6.07) is 18.0. The zero-order chi connectivity index (χ0) is 17.9. The van der Waals surface area contributed by atoms with Gasteiger partial charge in [0, 0.05) is 13.8 Å². The molecule has 7 heteroatoms. The molecule has 0 heterocycles. The van der Waals surface area contributed by atoms with Crippen LogP contribution in [0.4, 0.5) is 0 Å². The second-order valence-electron chi connectivity index (χ2n) is 4.44. The second kappa shape index (κ2) is 10.3. The monoisotopic (exact) mass is 336 g/mol. The first kappa shape index (κ1) is 20.5. The smallest absolute Gasteiger partial charge is 0.401 e. The largest absolute Gasteiger partial charge is 0.481 e. The fourth-order valence-corrected chi connectivity index (χ4v) is 3.16. The first-order valence-electron chi connectivity index (χ1n) is 6.62. The van der Waals surface area contributed by atoms with Crippen molar-refractivity contribution in [2.45, 2.75) is 13.8 Å². The number of carbonyl (C=O) groups is 2. The summed E-state index contributed by atoms with van der Waals surface area (Å²) in [4.78, 5) is 38.3. The highest BCUT2D eigenvalue weighted by Gasteiger charge is 2.33. The Balaban J connectivity index is 0.000000509. The van der Waals surface area contributed by atoms with Crippen LogP contribution in [0.25, 0.3) is 0 Å². The van der Waals surface area contributed by atoms with Crippen molar-refractivity contribution in [1.29, 1.82) is 0 Å². The molecule has 0 unspecified atom stereocenters. The van der Waals surface area contributed by atoms with Gasteiger partial charge in [-0.3, -0.25) is 9.59 Å². The number of hydrogen-bond donors (Lipinski definition) is 4. The maximum Gasteiger partial charge on any atom is 0.401 e. The van der Waals surface area contributed by atoms with Gasteiger partial charge >= 0.3 is 8.56 Å². The normalized spacial score (nSPS) is 9.57. The van der Waals surface area contributed by atoms with Crippen LogP contribution in [0.1, 0.15) is 13.8 Å². The molecule has 0 aliphatic heterocycles. The summed E-state index contributed by atoms with van der Waals surface area (Å²) in [5, 5.41) is 16.0. The maximum absolute atomic E-state index is 10.2. The molecule has 0 atom stereocenters. The van der Waals surface area contributed by atoms with Crippen LogP contribution in [0.15, 0.2) is 60.7 Å². The first-order chi connectivity index (χ1) is 10.7. The molecule has 23 heavy (non-hydrogen) atoms. The van der Waals surface area contributed by atoms with Crippen molar-refractivity contribution in [3.05, 3.63) is 60.7 Å². The Morgan fingerprint density at radius 3 is 1.13 bits per heavy atom. The lowest BCUT2D eigenvalue weighted by molar-refractivity contribution is -0.135. The van der Waals surface area contributed by atoms with Crippen molar-refractivity contribution in [3.8, 4) is 0 Å². The fourth-order valence-electron chi connectivity index (χ4n) is 1.51. The molecule has 0 saturated heterocycles. The molecule has 0 aromatic heterocycles. The van der Waals surface area contributed by atoms with E-state index in [0.717, 1.165) is 13.8 Å². The average molecular weight is 336 g/mol. The van der Waals surface area contributed by atoms with Crippen LogP contribution in [0, 0.1) is 0 Å². The van der Waals surface area contributed by atoms with Crippen molar-refractivity contribution in [2.24, 2.45) is 0 Å². The van der Waals surface area contributed by atoms with Crippen molar-refractivity contribution in [1.82, 2.24) is 0 Å². The van der Waals surface area contributed by atoms with E-state index in [4.69, 9.17) is 19.8 Å². The molecule has 0 bridgehead atoms. The number of carboxylic acid groups (broad SMARTS) is 2. The molecule has 0 radical (unpaired) electrons. The Morgan fingerprint density at radius 2 is 0.913 bits per heavy atom. The van der Waals surface area contributed by atoms with Crippen LogP contribution in [-0.2, 0) is 9.59 Å². The molecule has 2 aromatic rings. The number of benzene rings is 2. The van der Waals surface area contributed by atoms with E-state index in [1.54, 1.807) is 24.3 Å². The number of rotatable bonds is 2. The highest BCUT2D eigenvalue weighted by atomic mass is 28.4. The molecule has 0 fully saturated rings. The Bertz CT molecular complexity index is 537. The van der Waals surface area contributed by atoms with E-state index in [-0.39, 0.29) is 0 Å². The summed E-state index contributed by atoms with van der Waals surface area (Å²) in [7, 11) is -3.46. The molecule has 0 spiro atoms. The van der Waals surface area contributed by atoms with Gasteiger partial charge in [-0.2, -0.15) is 0 Å². The van der Waals surface area contributed by atoms with E-state index < -0.39 is 20.5 Å². The zero-order valence-electron chi connectivity index (χ0n) is 12.9. The van der Waals surface area contributed by atoms with Crippen molar-refractivity contribution < 1.29 is 29.4 Å². The lowest BCUT2D eigenvalue weighted by atomic mass is 10.4. The molecule has 4 N–H and O–H groups in total. The molecule has 0 aliphatic rings. The van der Waals surface area contributed by atoms with Gasteiger partial charge in [-0.05, 0) is 10.4 Å². The van der Waals surface area contributed by atoms with Gasteiger partial charge in [0.15, 0.2) is 0 Å². The van der Waals surface area contributed by atoms with E-state index in [2.05, 4.69) is 0 Å². The van der Waals surface area contributed by atoms with Gasteiger partial charge in [0.05, 0.1) is 0 Å². The molecule has 124 valence electrons. The summed E-state index contributed by atoms with van der Waals surface area (Å²) in [6.45, 7) is 2.17. The van der Waals surface area contributed by atoms with Gasteiger partial charge in [-0.25, -0.2) is 0 Å². The van der Waals surface area contributed by atoms with Crippen LogP contribution in [-0.4, -0.2) is 40.3 Å². The predicted molar refractivity (Wildman–Crippen MR) is 89.0 cm³/mol. The van der Waals surface area contributed by atoms with Crippen molar-refractivity contribution in [2.75, 3.05) is 0 Å². The molecule has 2 aromatic carbocycles. The molecule has 6 nitrogen and oxygen atoms in total. The molecular weight excluding hydrogens is 316 g/mol. The molecule has 0 saturated carbocycles. The minimum Gasteiger partial charge on any atom is -0.481 e. The zero-order valence-corrected chi connectivity index (χ0v) is 13.9. The first-order valence-corrected chi connectivity index (χ1v) is 8.52. The van der Waals surface area contributed by atoms with Crippen LogP contribution < -0.4 is 10.4 Å². The highest BCUT2D eigenvalue weighted by Crippen LogP contribution is 1.97. The topological polar surface area (TPSA) is 115 Å². The summed E-state index contributed by atoms with van der Waals surface area (Å²) in [6.07, 6.45) is 0. The quantitative estimate of drug-likeness (QED) is 0.591. The number of aliphatic carboxylic acids is 2. The van der Waals surface area contributed by atoms with Crippen LogP contribution >= 0.6 is 0 Å². The van der Waals surface area contributed by atoms with Crippen LogP contribution in [0.2, 0.25) is 0 Å². The maximum atomic E-state index is 10.2. The summed E-state index contributed by atoms with van der Waals surface area (Å²) in [5.41, 5.74) is 0. The average Bonchev–Trinajstić information content (AvgIpc) is 2.48. The van der Waals surface area contributed by atoms with Gasteiger partial charge in [-0.1, -0.05) is 60.7 Å². The van der Waals surface area contributed by atoms with E-state index >= 15 is 0 Å².